The minimum atomic E-state index is -0.301. The molecule has 0 radical (unpaired) electrons. The number of hydrogen-bond acceptors (Lipinski definition) is 5. The molecule has 3 aromatic heterocycles. The number of phenolic OH excluding ortho intramolecular Hbond substituents is 1. The number of thiophene rings is 1. The Hall–Kier alpha value is -3.97. The average Bonchev–Trinajstić information content (AvgIpc) is 3.42. The molecule has 0 bridgehead atoms. The average molecular weight is 427 g/mol. The van der Waals surface area contributed by atoms with Crippen LogP contribution in [0.1, 0.15) is 21.5 Å². The minimum absolute atomic E-state index is 0.0731. The Morgan fingerprint density at radius 3 is 2.65 bits per heavy atom. The van der Waals surface area contributed by atoms with Crippen molar-refractivity contribution in [2.75, 3.05) is 0 Å². The standard InChI is InChI=1S/C24H17N3O3S/c28-20-9-5-4-8-17(20)21(29)16-12-19(27(14-16)13-15-6-2-1-3-7-15)23-25-18-10-11-31-22(18)24(30)26-23/h1-12,14,28H,13H2,(H,25,26,30). The summed E-state index contributed by atoms with van der Waals surface area (Å²) in [6.45, 7) is 0.496. The lowest BCUT2D eigenvalue weighted by Gasteiger charge is -2.09. The van der Waals surface area contributed by atoms with Crippen LogP contribution in [0.2, 0.25) is 0 Å². The van der Waals surface area contributed by atoms with Crippen molar-refractivity contribution in [1.82, 2.24) is 14.5 Å². The van der Waals surface area contributed by atoms with Crippen molar-refractivity contribution in [3.63, 3.8) is 0 Å². The second kappa shape index (κ2) is 7.70. The summed E-state index contributed by atoms with van der Waals surface area (Å²) in [4.78, 5) is 33.1. The number of aromatic nitrogens is 3. The zero-order chi connectivity index (χ0) is 21.4. The van der Waals surface area contributed by atoms with E-state index in [-0.39, 0.29) is 22.7 Å². The van der Waals surface area contributed by atoms with Gasteiger partial charge in [-0.2, -0.15) is 0 Å². The fourth-order valence-electron chi connectivity index (χ4n) is 3.56. The van der Waals surface area contributed by atoms with Crippen LogP contribution in [0.5, 0.6) is 5.75 Å². The number of hydrogen-bond donors (Lipinski definition) is 2. The van der Waals surface area contributed by atoms with Crippen molar-refractivity contribution in [3.05, 3.63) is 105 Å². The van der Waals surface area contributed by atoms with Gasteiger partial charge in [0.1, 0.15) is 10.4 Å². The summed E-state index contributed by atoms with van der Waals surface area (Å²) in [5.41, 5.74) is 2.69. The van der Waals surface area contributed by atoms with Gasteiger partial charge in [-0.25, -0.2) is 4.98 Å². The molecule has 2 N–H and O–H groups in total. The summed E-state index contributed by atoms with van der Waals surface area (Å²) >= 11 is 1.34. The number of ketones is 1. The van der Waals surface area contributed by atoms with Gasteiger partial charge in [0, 0.05) is 18.3 Å². The lowest BCUT2D eigenvalue weighted by atomic mass is 10.0. The van der Waals surface area contributed by atoms with E-state index in [0.29, 0.717) is 33.8 Å². The maximum Gasteiger partial charge on any atom is 0.269 e. The highest BCUT2D eigenvalue weighted by atomic mass is 32.1. The number of carbonyl (C=O) groups excluding carboxylic acids is 1. The molecule has 5 aromatic rings. The Labute approximate surface area is 181 Å². The molecular formula is C24H17N3O3S. The second-order valence-corrected chi connectivity index (χ2v) is 8.04. The monoisotopic (exact) mass is 427 g/mol. The van der Waals surface area contributed by atoms with Crippen LogP contribution in [0.4, 0.5) is 0 Å². The molecule has 31 heavy (non-hydrogen) atoms. The number of H-pyrrole nitrogens is 1. The number of aromatic hydroxyl groups is 1. The number of nitrogens with one attached hydrogen (secondary N) is 1. The fourth-order valence-corrected chi connectivity index (χ4v) is 4.29. The van der Waals surface area contributed by atoms with E-state index in [4.69, 9.17) is 0 Å². The van der Waals surface area contributed by atoms with E-state index >= 15 is 0 Å². The predicted molar refractivity (Wildman–Crippen MR) is 121 cm³/mol. The lowest BCUT2D eigenvalue weighted by Crippen LogP contribution is -2.10. The van der Waals surface area contributed by atoms with Crippen molar-refractivity contribution in [3.8, 4) is 17.3 Å². The van der Waals surface area contributed by atoms with Crippen molar-refractivity contribution in [2.24, 2.45) is 0 Å². The maximum atomic E-state index is 13.1. The molecule has 2 aromatic carbocycles. The third-order valence-electron chi connectivity index (χ3n) is 5.06. The summed E-state index contributed by atoms with van der Waals surface area (Å²) in [6.07, 6.45) is 1.73. The number of fused-ring (bicyclic) bond motifs is 1. The molecule has 7 heteroatoms. The Morgan fingerprint density at radius 2 is 1.84 bits per heavy atom. The van der Waals surface area contributed by atoms with E-state index in [1.165, 1.54) is 17.4 Å². The van der Waals surface area contributed by atoms with Crippen molar-refractivity contribution in [2.45, 2.75) is 6.54 Å². The summed E-state index contributed by atoms with van der Waals surface area (Å²) in [5, 5.41) is 11.9. The highest BCUT2D eigenvalue weighted by molar-refractivity contribution is 7.17. The number of aromatic amines is 1. The van der Waals surface area contributed by atoms with Gasteiger partial charge < -0.3 is 14.7 Å². The number of nitrogens with zero attached hydrogens (tertiary/aromatic N) is 2. The number of para-hydroxylation sites is 1. The number of rotatable bonds is 5. The number of phenols is 1. The molecular weight excluding hydrogens is 410 g/mol. The number of benzene rings is 2. The van der Waals surface area contributed by atoms with Crippen LogP contribution in [0.3, 0.4) is 0 Å². The van der Waals surface area contributed by atoms with Gasteiger partial charge in [0.25, 0.3) is 5.56 Å². The molecule has 0 aliphatic carbocycles. The summed E-state index contributed by atoms with van der Waals surface area (Å²) in [6, 6.07) is 19.8. The first kappa shape index (κ1) is 19.0. The molecule has 0 atom stereocenters. The van der Waals surface area contributed by atoms with Crippen LogP contribution in [-0.2, 0) is 6.54 Å². The van der Waals surface area contributed by atoms with Crippen LogP contribution in [-0.4, -0.2) is 25.4 Å². The van der Waals surface area contributed by atoms with Gasteiger partial charge in [-0.1, -0.05) is 42.5 Å². The first-order valence-corrected chi connectivity index (χ1v) is 10.5. The molecule has 0 spiro atoms. The molecule has 0 aliphatic rings. The highest BCUT2D eigenvalue weighted by Crippen LogP contribution is 2.26. The van der Waals surface area contributed by atoms with Crippen LogP contribution >= 0.6 is 11.3 Å². The molecule has 3 heterocycles. The van der Waals surface area contributed by atoms with Crippen molar-refractivity contribution < 1.29 is 9.90 Å². The van der Waals surface area contributed by atoms with Crippen molar-refractivity contribution >= 4 is 27.3 Å². The highest BCUT2D eigenvalue weighted by Gasteiger charge is 2.19. The summed E-state index contributed by atoms with van der Waals surface area (Å²) in [7, 11) is 0. The van der Waals surface area contributed by atoms with Crippen LogP contribution in [0, 0.1) is 0 Å². The third kappa shape index (κ3) is 3.55. The van der Waals surface area contributed by atoms with Gasteiger partial charge in [0.2, 0.25) is 0 Å². The molecule has 0 fully saturated rings. The molecule has 0 amide bonds. The second-order valence-electron chi connectivity index (χ2n) is 7.12. The van der Waals surface area contributed by atoms with Gasteiger partial charge in [0.05, 0.1) is 16.8 Å². The first-order chi connectivity index (χ1) is 15.1. The third-order valence-corrected chi connectivity index (χ3v) is 5.96. The normalized spacial score (nSPS) is 11.1. The Kier molecular flexibility index (Phi) is 4.72. The quantitative estimate of drug-likeness (QED) is 0.406. The predicted octanol–water partition coefficient (Wildman–Crippen LogP) is 4.44. The van der Waals surface area contributed by atoms with Gasteiger partial charge >= 0.3 is 0 Å². The van der Waals surface area contributed by atoms with E-state index in [1.54, 1.807) is 36.5 Å². The van der Waals surface area contributed by atoms with Crippen molar-refractivity contribution in [1.29, 1.82) is 0 Å². The lowest BCUT2D eigenvalue weighted by molar-refractivity contribution is 0.103. The summed E-state index contributed by atoms with van der Waals surface area (Å²) in [5.74, 6) is 0.0179. The molecule has 0 saturated heterocycles. The van der Waals surface area contributed by atoms with Gasteiger partial charge in [-0.15, -0.1) is 11.3 Å². The molecule has 0 aliphatic heterocycles. The van der Waals surface area contributed by atoms with E-state index < -0.39 is 0 Å². The smallest absolute Gasteiger partial charge is 0.269 e. The van der Waals surface area contributed by atoms with Gasteiger partial charge in [-0.3, -0.25) is 9.59 Å². The van der Waals surface area contributed by atoms with Crippen LogP contribution < -0.4 is 5.56 Å². The fraction of sp³-hybridized carbons (Fsp3) is 0.0417. The van der Waals surface area contributed by atoms with Gasteiger partial charge in [-0.05, 0) is 35.2 Å². The Morgan fingerprint density at radius 1 is 1.06 bits per heavy atom. The van der Waals surface area contributed by atoms with E-state index in [1.807, 2.05) is 40.3 Å². The zero-order valence-corrected chi connectivity index (χ0v) is 17.1. The van der Waals surface area contributed by atoms with E-state index in [9.17, 15) is 14.7 Å². The molecule has 6 nitrogen and oxygen atoms in total. The summed E-state index contributed by atoms with van der Waals surface area (Å²) < 4.78 is 2.45. The van der Waals surface area contributed by atoms with Crippen LogP contribution in [0.15, 0.2) is 83.1 Å². The largest absolute Gasteiger partial charge is 0.507 e. The topological polar surface area (TPSA) is 88.0 Å². The number of carbonyl (C=O) groups is 1. The minimum Gasteiger partial charge on any atom is -0.507 e. The SMILES string of the molecule is O=C(c1cc(-c2nc3ccsc3c(=O)[nH]2)n(Cc2ccccc2)c1)c1ccccc1O. The molecule has 0 saturated carbocycles. The van der Waals surface area contributed by atoms with Crippen LogP contribution in [0.25, 0.3) is 21.7 Å². The molecule has 5 rings (SSSR count). The zero-order valence-electron chi connectivity index (χ0n) is 16.3. The molecule has 152 valence electrons. The Bertz CT molecular complexity index is 1460. The Balaban J connectivity index is 1.65. The molecule has 0 unspecified atom stereocenters. The van der Waals surface area contributed by atoms with E-state index in [0.717, 1.165) is 5.56 Å². The van der Waals surface area contributed by atoms with E-state index in [2.05, 4.69) is 9.97 Å². The maximum absolute atomic E-state index is 13.1. The first-order valence-electron chi connectivity index (χ1n) is 9.65. The van der Waals surface area contributed by atoms with Gasteiger partial charge in [0.15, 0.2) is 11.6 Å².